The highest BCUT2D eigenvalue weighted by atomic mass is 16.5. The third-order valence-corrected chi connectivity index (χ3v) is 2.46. The molecule has 0 heterocycles. The van der Waals surface area contributed by atoms with Crippen LogP contribution < -0.4 is 5.32 Å². The minimum Gasteiger partial charge on any atom is -0.385 e. The highest BCUT2D eigenvalue weighted by Gasteiger charge is 2.22. The molecule has 0 fully saturated rings. The van der Waals surface area contributed by atoms with Crippen molar-refractivity contribution < 1.29 is 14.3 Å². The molecule has 0 saturated heterocycles. The van der Waals surface area contributed by atoms with E-state index in [9.17, 15) is 9.59 Å². The smallest absolute Gasteiger partial charge is 0.311 e. The largest absolute Gasteiger partial charge is 0.385 e. The lowest BCUT2D eigenvalue weighted by Crippen LogP contribution is -2.46. The molecule has 0 unspecified atom stereocenters. The topological polar surface area (TPSA) is 58.6 Å². The van der Waals surface area contributed by atoms with Crippen molar-refractivity contribution in [1.29, 1.82) is 0 Å². The first-order chi connectivity index (χ1) is 8.88. The summed E-state index contributed by atoms with van der Waals surface area (Å²) < 4.78 is 4.89. The molecule has 5 heteroatoms. The zero-order valence-corrected chi connectivity index (χ0v) is 12.9. The van der Waals surface area contributed by atoms with Crippen molar-refractivity contribution in [3.63, 3.8) is 0 Å². The van der Waals surface area contributed by atoms with Gasteiger partial charge in [0.15, 0.2) is 0 Å². The van der Waals surface area contributed by atoms with Crippen molar-refractivity contribution in [2.75, 3.05) is 33.4 Å². The Morgan fingerprint density at radius 2 is 1.63 bits per heavy atom. The molecular formula is C14H28N2O3. The Morgan fingerprint density at radius 3 is 2.05 bits per heavy atom. The van der Waals surface area contributed by atoms with Crippen LogP contribution >= 0.6 is 0 Å². The van der Waals surface area contributed by atoms with Crippen LogP contribution in [0.15, 0.2) is 0 Å². The van der Waals surface area contributed by atoms with Crippen molar-refractivity contribution in [2.24, 2.45) is 11.8 Å². The van der Waals surface area contributed by atoms with Gasteiger partial charge in [-0.3, -0.25) is 9.59 Å². The molecule has 0 atom stereocenters. The molecule has 0 radical (unpaired) electrons. The molecule has 19 heavy (non-hydrogen) atoms. The fourth-order valence-corrected chi connectivity index (χ4v) is 1.76. The predicted molar refractivity (Wildman–Crippen MR) is 75.8 cm³/mol. The van der Waals surface area contributed by atoms with E-state index in [0.29, 0.717) is 44.5 Å². The van der Waals surface area contributed by atoms with E-state index < -0.39 is 11.8 Å². The Morgan fingerprint density at radius 1 is 1.11 bits per heavy atom. The van der Waals surface area contributed by atoms with E-state index in [2.05, 4.69) is 5.32 Å². The second-order valence-electron chi connectivity index (χ2n) is 5.60. The second-order valence-corrected chi connectivity index (χ2v) is 5.60. The number of nitrogens with zero attached hydrogens (tertiary/aromatic N) is 1. The van der Waals surface area contributed by atoms with Crippen LogP contribution in [0.1, 0.15) is 34.1 Å². The fourth-order valence-electron chi connectivity index (χ4n) is 1.76. The predicted octanol–water partition coefficient (Wildman–Crippen LogP) is 1.28. The third kappa shape index (κ3) is 8.59. The minimum absolute atomic E-state index is 0.351. The van der Waals surface area contributed by atoms with Gasteiger partial charge in [-0.1, -0.05) is 27.7 Å². The van der Waals surface area contributed by atoms with Gasteiger partial charge in [0.05, 0.1) is 0 Å². The lowest BCUT2D eigenvalue weighted by molar-refractivity contribution is -0.146. The van der Waals surface area contributed by atoms with Gasteiger partial charge in [0, 0.05) is 33.4 Å². The Hall–Kier alpha value is -1.10. The van der Waals surface area contributed by atoms with Gasteiger partial charge in [-0.15, -0.1) is 0 Å². The van der Waals surface area contributed by atoms with Crippen molar-refractivity contribution in [2.45, 2.75) is 34.1 Å². The monoisotopic (exact) mass is 272 g/mol. The highest BCUT2D eigenvalue weighted by Crippen LogP contribution is 2.04. The molecule has 0 rings (SSSR count). The fraction of sp³-hybridized carbons (Fsp3) is 0.857. The molecule has 0 aliphatic rings. The SMILES string of the molecule is COCCCNC(=O)C(=O)N(CC(C)C)CC(C)C. The molecule has 112 valence electrons. The summed E-state index contributed by atoms with van der Waals surface area (Å²) in [6.07, 6.45) is 0.712. The average molecular weight is 272 g/mol. The van der Waals surface area contributed by atoms with Crippen LogP contribution in [0.5, 0.6) is 0 Å². The van der Waals surface area contributed by atoms with Crippen LogP contribution in [-0.4, -0.2) is 50.1 Å². The molecule has 0 aromatic rings. The lowest BCUT2D eigenvalue weighted by Gasteiger charge is -2.25. The number of methoxy groups -OCH3 is 1. The highest BCUT2D eigenvalue weighted by molar-refractivity contribution is 6.35. The van der Waals surface area contributed by atoms with Crippen molar-refractivity contribution >= 4 is 11.8 Å². The maximum atomic E-state index is 12.1. The van der Waals surface area contributed by atoms with Crippen LogP contribution in [0.2, 0.25) is 0 Å². The molecule has 5 nitrogen and oxygen atoms in total. The van der Waals surface area contributed by atoms with Crippen LogP contribution in [0.3, 0.4) is 0 Å². The number of carbonyl (C=O) groups excluding carboxylic acids is 2. The maximum absolute atomic E-state index is 12.1. The number of carbonyl (C=O) groups is 2. The molecule has 0 aromatic carbocycles. The van der Waals surface area contributed by atoms with Crippen molar-refractivity contribution in [3.05, 3.63) is 0 Å². The molecule has 0 saturated carbocycles. The second kappa shape index (κ2) is 9.78. The number of hydrogen-bond acceptors (Lipinski definition) is 3. The first kappa shape index (κ1) is 17.9. The third-order valence-electron chi connectivity index (χ3n) is 2.46. The van der Waals surface area contributed by atoms with Crippen LogP contribution in [0, 0.1) is 11.8 Å². The van der Waals surface area contributed by atoms with E-state index in [1.807, 2.05) is 27.7 Å². The summed E-state index contributed by atoms with van der Waals surface area (Å²) in [5, 5.41) is 2.63. The molecule has 0 spiro atoms. The van der Waals surface area contributed by atoms with Crippen molar-refractivity contribution in [3.8, 4) is 0 Å². The molecule has 0 aromatic heterocycles. The van der Waals surface area contributed by atoms with Gasteiger partial charge >= 0.3 is 11.8 Å². The molecular weight excluding hydrogens is 244 g/mol. The Labute approximate surface area is 116 Å². The Kier molecular flexibility index (Phi) is 9.21. The summed E-state index contributed by atoms with van der Waals surface area (Å²) in [5.74, 6) is -0.245. The number of rotatable bonds is 8. The number of amides is 2. The normalized spacial score (nSPS) is 10.9. The van der Waals surface area contributed by atoms with E-state index in [-0.39, 0.29) is 0 Å². The standard InChI is InChI=1S/C14H28N2O3/c1-11(2)9-16(10-12(3)4)14(18)13(17)15-7-6-8-19-5/h11-12H,6-10H2,1-5H3,(H,15,17). The molecule has 0 bridgehead atoms. The summed E-state index contributed by atoms with van der Waals surface area (Å²) in [6.45, 7) is 10.4. The summed E-state index contributed by atoms with van der Waals surface area (Å²) in [4.78, 5) is 25.5. The van der Waals surface area contributed by atoms with Gasteiger partial charge in [-0.2, -0.15) is 0 Å². The van der Waals surface area contributed by atoms with E-state index in [4.69, 9.17) is 4.74 Å². The first-order valence-corrected chi connectivity index (χ1v) is 6.94. The van der Waals surface area contributed by atoms with Gasteiger partial charge in [0.25, 0.3) is 0 Å². The first-order valence-electron chi connectivity index (χ1n) is 6.94. The number of nitrogens with one attached hydrogen (secondary N) is 1. The van der Waals surface area contributed by atoms with Crippen LogP contribution in [-0.2, 0) is 14.3 Å². The van der Waals surface area contributed by atoms with Gasteiger partial charge in [-0.05, 0) is 18.3 Å². The van der Waals surface area contributed by atoms with E-state index >= 15 is 0 Å². The summed E-state index contributed by atoms with van der Waals surface area (Å²) in [6, 6.07) is 0. The molecule has 2 amide bonds. The van der Waals surface area contributed by atoms with E-state index in [1.165, 1.54) is 0 Å². The zero-order valence-electron chi connectivity index (χ0n) is 12.9. The zero-order chi connectivity index (χ0) is 14.8. The molecule has 0 aliphatic heterocycles. The van der Waals surface area contributed by atoms with E-state index in [0.717, 1.165) is 0 Å². The molecule has 1 N–H and O–H groups in total. The van der Waals surface area contributed by atoms with Gasteiger partial charge < -0.3 is 15.0 Å². The number of ether oxygens (including phenoxy) is 1. The Balaban J connectivity index is 4.31. The average Bonchev–Trinajstić information content (AvgIpc) is 2.31. The van der Waals surface area contributed by atoms with Crippen molar-refractivity contribution in [1.82, 2.24) is 10.2 Å². The van der Waals surface area contributed by atoms with Crippen LogP contribution in [0.4, 0.5) is 0 Å². The number of hydrogen-bond donors (Lipinski definition) is 1. The van der Waals surface area contributed by atoms with Crippen LogP contribution in [0.25, 0.3) is 0 Å². The Bertz CT molecular complexity index is 268. The summed E-state index contributed by atoms with van der Waals surface area (Å²) in [5.41, 5.74) is 0. The van der Waals surface area contributed by atoms with Gasteiger partial charge in [-0.25, -0.2) is 0 Å². The molecule has 0 aliphatic carbocycles. The van der Waals surface area contributed by atoms with E-state index in [1.54, 1.807) is 12.0 Å². The van der Waals surface area contributed by atoms with Gasteiger partial charge in [0.2, 0.25) is 0 Å². The maximum Gasteiger partial charge on any atom is 0.311 e. The minimum atomic E-state index is -0.516. The van der Waals surface area contributed by atoms with Gasteiger partial charge in [0.1, 0.15) is 0 Å². The summed E-state index contributed by atoms with van der Waals surface area (Å²) in [7, 11) is 1.61. The quantitative estimate of drug-likeness (QED) is 0.535. The lowest BCUT2D eigenvalue weighted by atomic mass is 10.1. The summed E-state index contributed by atoms with van der Waals surface area (Å²) >= 11 is 0.